The van der Waals surface area contributed by atoms with Gasteiger partial charge in [0.15, 0.2) is 0 Å². The topological polar surface area (TPSA) is 26.0 Å². The molecule has 0 amide bonds. The van der Waals surface area contributed by atoms with E-state index in [2.05, 4.69) is 5.73 Å². The average Bonchev–Trinajstić information content (AvgIpc) is 1.83. The third kappa shape index (κ3) is 3.37. The van der Waals surface area contributed by atoms with Crippen LogP contribution in [-0.4, -0.2) is 25.1 Å². The molecular formula is C5H6F7N. The number of nitrogens with two attached hydrogens (primary N) is 1. The Bertz CT molecular complexity index is 159. The van der Waals surface area contributed by atoms with E-state index < -0.39 is 31.0 Å². The smallest absolute Gasteiger partial charge is 0.330 e. The molecule has 2 atom stereocenters. The second kappa shape index (κ2) is 3.69. The van der Waals surface area contributed by atoms with Crippen LogP contribution in [0, 0.1) is 5.92 Å². The van der Waals surface area contributed by atoms with Crippen LogP contribution >= 0.6 is 0 Å². The Kier molecular flexibility index (Phi) is 3.54. The minimum atomic E-state index is -5.53. The molecule has 0 spiro atoms. The molecule has 1 nitrogen and oxygen atoms in total. The van der Waals surface area contributed by atoms with Gasteiger partial charge in [-0.05, 0) is 0 Å². The van der Waals surface area contributed by atoms with Crippen LogP contribution in [0.15, 0.2) is 0 Å². The van der Waals surface area contributed by atoms with Gasteiger partial charge in [0.2, 0.25) is 6.17 Å². The van der Waals surface area contributed by atoms with Gasteiger partial charge in [0.05, 0.1) is 0 Å². The number of rotatable bonds is 2. The van der Waals surface area contributed by atoms with Crippen molar-refractivity contribution in [2.24, 2.45) is 11.7 Å². The Balaban J connectivity index is 4.61. The lowest BCUT2D eigenvalue weighted by Crippen LogP contribution is -2.44. The van der Waals surface area contributed by atoms with E-state index in [0.717, 1.165) is 0 Å². The van der Waals surface area contributed by atoms with E-state index in [9.17, 15) is 30.7 Å². The van der Waals surface area contributed by atoms with Gasteiger partial charge in [-0.2, -0.15) is 26.3 Å². The average molecular weight is 213 g/mol. The molecule has 0 saturated carbocycles. The summed E-state index contributed by atoms with van der Waals surface area (Å²) >= 11 is 0. The van der Waals surface area contributed by atoms with Crippen molar-refractivity contribution in [3.8, 4) is 0 Å². The Morgan fingerprint density at radius 3 is 1.38 bits per heavy atom. The maximum atomic E-state index is 12.1. The van der Waals surface area contributed by atoms with Crippen molar-refractivity contribution in [1.29, 1.82) is 0 Å². The molecule has 80 valence electrons. The molecule has 0 bridgehead atoms. The molecule has 0 aromatic heterocycles. The van der Waals surface area contributed by atoms with Gasteiger partial charge in [0.1, 0.15) is 5.92 Å². The van der Waals surface area contributed by atoms with E-state index in [4.69, 9.17) is 0 Å². The fourth-order valence-electron chi connectivity index (χ4n) is 0.647. The molecule has 0 aliphatic carbocycles. The van der Waals surface area contributed by atoms with Crippen molar-refractivity contribution in [3.05, 3.63) is 0 Å². The molecule has 8 heteroatoms. The van der Waals surface area contributed by atoms with Crippen LogP contribution in [0.5, 0.6) is 0 Å². The van der Waals surface area contributed by atoms with Crippen molar-refractivity contribution in [3.63, 3.8) is 0 Å². The second-order valence-electron chi connectivity index (χ2n) is 2.33. The highest BCUT2D eigenvalue weighted by molar-refractivity contribution is 4.81. The Labute approximate surface area is 68.7 Å². The summed E-state index contributed by atoms with van der Waals surface area (Å²) in [6, 6.07) is 0. The van der Waals surface area contributed by atoms with Gasteiger partial charge in [-0.1, -0.05) is 0 Å². The third-order valence-corrected chi connectivity index (χ3v) is 1.34. The SMILES string of the molecule is NCC(C(F)C(F)(F)F)C(F)(F)F. The van der Waals surface area contributed by atoms with Crippen LogP contribution in [0.25, 0.3) is 0 Å². The first-order chi connectivity index (χ1) is 5.60. The molecule has 0 fully saturated rings. The summed E-state index contributed by atoms with van der Waals surface area (Å²) in [6.07, 6.45) is -14.8. The molecule has 0 saturated heterocycles. The minimum absolute atomic E-state index is 1.43. The highest BCUT2D eigenvalue weighted by Crippen LogP contribution is 2.37. The summed E-state index contributed by atoms with van der Waals surface area (Å²) in [6.45, 7) is -1.43. The molecule has 0 radical (unpaired) electrons. The van der Waals surface area contributed by atoms with E-state index in [1.54, 1.807) is 0 Å². The van der Waals surface area contributed by atoms with Crippen molar-refractivity contribution in [2.75, 3.05) is 6.54 Å². The quantitative estimate of drug-likeness (QED) is 0.697. The largest absolute Gasteiger partial charge is 0.420 e. The number of alkyl halides is 7. The zero-order valence-electron chi connectivity index (χ0n) is 6.08. The summed E-state index contributed by atoms with van der Waals surface area (Å²) in [5.41, 5.74) is 4.40. The monoisotopic (exact) mass is 213 g/mol. The van der Waals surface area contributed by atoms with E-state index in [1.807, 2.05) is 0 Å². The lowest BCUT2D eigenvalue weighted by molar-refractivity contribution is -0.253. The van der Waals surface area contributed by atoms with E-state index in [1.165, 1.54) is 0 Å². The second-order valence-corrected chi connectivity index (χ2v) is 2.33. The Hall–Kier alpha value is -0.530. The zero-order valence-corrected chi connectivity index (χ0v) is 6.08. The Morgan fingerprint density at radius 1 is 0.923 bits per heavy atom. The first kappa shape index (κ1) is 12.5. The molecule has 0 aromatic rings. The Morgan fingerprint density at radius 2 is 1.31 bits per heavy atom. The van der Waals surface area contributed by atoms with Crippen molar-refractivity contribution in [1.82, 2.24) is 0 Å². The van der Waals surface area contributed by atoms with Crippen LogP contribution < -0.4 is 5.73 Å². The predicted octanol–water partition coefficient (Wildman–Crippen LogP) is 2.02. The van der Waals surface area contributed by atoms with Gasteiger partial charge in [-0.25, -0.2) is 4.39 Å². The fourth-order valence-corrected chi connectivity index (χ4v) is 0.647. The van der Waals surface area contributed by atoms with Crippen LogP contribution in [0.3, 0.4) is 0 Å². The van der Waals surface area contributed by atoms with Gasteiger partial charge in [-0.3, -0.25) is 0 Å². The standard InChI is InChI=1S/C5H6F7N/c6-3(5(10,11)12)2(1-13)4(7,8)9/h2-3H,1,13H2. The maximum absolute atomic E-state index is 12.1. The normalized spacial score (nSPS) is 18.5. The zero-order chi connectivity index (χ0) is 10.9. The summed E-state index contributed by atoms with van der Waals surface area (Å²) < 4.78 is 81.6. The lowest BCUT2D eigenvalue weighted by atomic mass is 10.0. The molecule has 2 unspecified atom stereocenters. The van der Waals surface area contributed by atoms with E-state index in [-0.39, 0.29) is 0 Å². The molecule has 0 aliphatic heterocycles. The first-order valence-electron chi connectivity index (χ1n) is 3.08. The van der Waals surface area contributed by atoms with Gasteiger partial charge < -0.3 is 5.73 Å². The summed E-state index contributed by atoms with van der Waals surface area (Å²) in [7, 11) is 0. The van der Waals surface area contributed by atoms with Crippen molar-refractivity contribution >= 4 is 0 Å². The third-order valence-electron chi connectivity index (χ3n) is 1.34. The number of halogens is 7. The highest BCUT2D eigenvalue weighted by Gasteiger charge is 2.55. The summed E-state index contributed by atoms with van der Waals surface area (Å²) in [5, 5.41) is 0. The minimum Gasteiger partial charge on any atom is -0.330 e. The molecular weight excluding hydrogens is 207 g/mol. The lowest BCUT2D eigenvalue weighted by Gasteiger charge is -2.23. The predicted molar refractivity (Wildman–Crippen MR) is 29.6 cm³/mol. The fraction of sp³-hybridized carbons (Fsp3) is 1.00. The van der Waals surface area contributed by atoms with Crippen LogP contribution in [-0.2, 0) is 0 Å². The van der Waals surface area contributed by atoms with Gasteiger partial charge in [0.25, 0.3) is 0 Å². The van der Waals surface area contributed by atoms with Gasteiger partial charge in [0, 0.05) is 6.54 Å². The molecule has 13 heavy (non-hydrogen) atoms. The first-order valence-corrected chi connectivity index (χ1v) is 3.08. The van der Waals surface area contributed by atoms with Crippen LogP contribution in [0.4, 0.5) is 30.7 Å². The molecule has 0 rings (SSSR count). The number of hydrogen-bond donors (Lipinski definition) is 1. The summed E-state index contributed by atoms with van der Waals surface area (Å²) in [5.74, 6) is -3.19. The summed E-state index contributed by atoms with van der Waals surface area (Å²) in [4.78, 5) is 0. The van der Waals surface area contributed by atoms with E-state index in [0.29, 0.717) is 0 Å². The van der Waals surface area contributed by atoms with Gasteiger partial charge in [-0.15, -0.1) is 0 Å². The molecule has 0 aliphatic rings. The highest BCUT2D eigenvalue weighted by atomic mass is 19.4. The van der Waals surface area contributed by atoms with E-state index >= 15 is 0 Å². The molecule has 0 aromatic carbocycles. The number of hydrogen-bond acceptors (Lipinski definition) is 1. The van der Waals surface area contributed by atoms with Crippen LogP contribution in [0.2, 0.25) is 0 Å². The van der Waals surface area contributed by atoms with Crippen LogP contribution in [0.1, 0.15) is 0 Å². The van der Waals surface area contributed by atoms with Gasteiger partial charge >= 0.3 is 12.4 Å². The molecule has 2 N–H and O–H groups in total. The van der Waals surface area contributed by atoms with Crippen molar-refractivity contribution < 1.29 is 30.7 Å². The maximum Gasteiger partial charge on any atom is 0.420 e. The molecule has 0 heterocycles. The van der Waals surface area contributed by atoms with Crippen molar-refractivity contribution in [2.45, 2.75) is 18.5 Å².